The van der Waals surface area contributed by atoms with Crippen molar-refractivity contribution in [3.63, 3.8) is 0 Å². The van der Waals surface area contributed by atoms with Gasteiger partial charge in [0.2, 0.25) is 5.91 Å². The van der Waals surface area contributed by atoms with Gasteiger partial charge in [-0.1, -0.05) is 20.3 Å². The summed E-state index contributed by atoms with van der Waals surface area (Å²) in [6.45, 7) is 5.95. The van der Waals surface area contributed by atoms with Crippen molar-refractivity contribution in [2.75, 3.05) is 19.4 Å². The van der Waals surface area contributed by atoms with E-state index < -0.39 is 6.04 Å². The van der Waals surface area contributed by atoms with Crippen LogP contribution in [0.25, 0.3) is 0 Å². The minimum Gasteiger partial charge on any atom is -0.366 e. The Kier molecular flexibility index (Phi) is 6.37. The highest BCUT2D eigenvalue weighted by Crippen LogP contribution is 2.17. The van der Waals surface area contributed by atoms with Gasteiger partial charge in [-0.15, -0.1) is 0 Å². The van der Waals surface area contributed by atoms with Crippen LogP contribution in [0.2, 0.25) is 0 Å². The number of carbonyl (C=O) groups is 1. The summed E-state index contributed by atoms with van der Waals surface area (Å²) in [4.78, 5) is 18.4. The van der Waals surface area contributed by atoms with Crippen molar-refractivity contribution in [2.24, 2.45) is 16.6 Å². The molecule has 21 heavy (non-hydrogen) atoms. The number of hydrogen-bond acceptors (Lipinski definition) is 3. The molecule has 0 spiro atoms. The van der Waals surface area contributed by atoms with Gasteiger partial charge in [0.25, 0.3) is 0 Å². The lowest BCUT2D eigenvalue weighted by Gasteiger charge is -2.17. The molecule has 0 fully saturated rings. The van der Waals surface area contributed by atoms with Crippen molar-refractivity contribution in [1.29, 1.82) is 0 Å². The molecule has 1 unspecified atom stereocenters. The zero-order chi connectivity index (χ0) is 16.0. The van der Waals surface area contributed by atoms with Gasteiger partial charge in [-0.2, -0.15) is 0 Å². The standard InChI is InChI=1S/C16H26N4O/c1-6-11(2)15(17)16(21)19-14-9-7-13(8-10-14)18-12(3)20(4)5/h7-11,15H,6,17H2,1-5H3,(H,19,21)/t11?,15-/m0/s1. The number of nitrogens with zero attached hydrogens (tertiary/aromatic N) is 2. The molecule has 0 saturated heterocycles. The lowest BCUT2D eigenvalue weighted by molar-refractivity contribution is -0.118. The van der Waals surface area contributed by atoms with Gasteiger partial charge in [0, 0.05) is 19.8 Å². The summed E-state index contributed by atoms with van der Waals surface area (Å²) in [6.07, 6.45) is 0.881. The topological polar surface area (TPSA) is 70.7 Å². The van der Waals surface area contributed by atoms with Gasteiger partial charge in [-0.05, 0) is 37.1 Å². The first-order valence-corrected chi connectivity index (χ1v) is 7.24. The van der Waals surface area contributed by atoms with Gasteiger partial charge >= 0.3 is 0 Å². The molecule has 0 aliphatic heterocycles. The molecule has 0 aromatic heterocycles. The number of aliphatic imine (C=N–C) groups is 1. The van der Waals surface area contributed by atoms with Gasteiger partial charge in [-0.3, -0.25) is 4.79 Å². The molecular formula is C16H26N4O. The normalized spacial score (nSPS) is 14.5. The molecule has 5 heteroatoms. The molecule has 1 rings (SSSR count). The number of nitrogens with one attached hydrogen (secondary N) is 1. The van der Waals surface area contributed by atoms with E-state index in [1.807, 2.05) is 64.0 Å². The van der Waals surface area contributed by atoms with Crippen LogP contribution >= 0.6 is 0 Å². The molecule has 116 valence electrons. The predicted molar refractivity (Wildman–Crippen MR) is 89.0 cm³/mol. The molecule has 0 bridgehead atoms. The Bertz CT molecular complexity index is 494. The van der Waals surface area contributed by atoms with Crippen LogP contribution in [-0.4, -0.2) is 36.8 Å². The second-order valence-electron chi connectivity index (χ2n) is 5.50. The van der Waals surface area contributed by atoms with Crippen molar-refractivity contribution >= 4 is 23.1 Å². The predicted octanol–water partition coefficient (Wildman–Crippen LogP) is 2.61. The number of anilines is 1. The molecule has 1 aromatic carbocycles. The number of amides is 1. The van der Waals surface area contributed by atoms with Crippen LogP contribution in [-0.2, 0) is 4.79 Å². The Hall–Kier alpha value is -1.88. The van der Waals surface area contributed by atoms with Crippen molar-refractivity contribution in [1.82, 2.24) is 4.90 Å². The summed E-state index contributed by atoms with van der Waals surface area (Å²) >= 11 is 0. The van der Waals surface area contributed by atoms with E-state index in [-0.39, 0.29) is 11.8 Å². The molecule has 0 radical (unpaired) electrons. The van der Waals surface area contributed by atoms with Crippen LogP contribution in [0.1, 0.15) is 27.2 Å². The molecule has 3 N–H and O–H groups in total. The minimum atomic E-state index is -0.483. The van der Waals surface area contributed by atoms with Gasteiger partial charge < -0.3 is 16.0 Å². The lowest BCUT2D eigenvalue weighted by Crippen LogP contribution is -2.40. The van der Waals surface area contributed by atoms with E-state index in [0.717, 1.165) is 23.6 Å². The molecule has 0 heterocycles. The largest absolute Gasteiger partial charge is 0.366 e. The molecule has 5 nitrogen and oxygen atoms in total. The maximum Gasteiger partial charge on any atom is 0.241 e. The van der Waals surface area contributed by atoms with Gasteiger partial charge in [0.1, 0.15) is 5.84 Å². The summed E-state index contributed by atoms with van der Waals surface area (Å²) in [5.74, 6) is 0.937. The number of rotatable bonds is 5. The monoisotopic (exact) mass is 290 g/mol. The Morgan fingerprint density at radius 1 is 1.33 bits per heavy atom. The summed E-state index contributed by atoms with van der Waals surface area (Å²) in [7, 11) is 3.90. The highest BCUT2D eigenvalue weighted by atomic mass is 16.2. The molecular weight excluding hydrogens is 264 g/mol. The quantitative estimate of drug-likeness (QED) is 0.647. The van der Waals surface area contributed by atoms with Crippen LogP contribution < -0.4 is 11.1 Å². The van der Waals surface area contributed by atoms with E-state index in [4.69, 9.17) is 5.73 Å². The number of hydrogen-bond donors (Lipinski definition) is 2. The number of amidine groups is 1. The van der Waals surface area contributed by atoms with E-state index in [1.165, 1.54) is 0 Å². The van der Waals surface area contributed by atoms with Gasteiger partial charge in [0.15, 0.2) is 0 Å². The Balaban J connectivity index is 2.71. The smallest absolute Gasteiger partial charge is 0.241 e. The second-order valence-corrected chi connectivity index (χ2v) is 5.50. The fourth-order valence-corrected chi connectivity index (χ4v) is 1.64. The fourth-order valence-electron chi connectivity index (χ4n) is 1.64. The van der Waals surface area contributed by atoms with Crippen LogP contribution in [0.4, 0.5) is 11.4 Å². The van der Waals surface area contributed by atoms with Gasteiger partial charge in [0.05, 0.1) is 11.7 Å². The second kappa shape index (κ2) is 7.78. The van der Waals surface area contributed by atoms with E-state index >= 15 is 0 Å². The summed E-state index contributed by atoms with van der Waals surface area (Å²) in [6, 6.07) is 6.93. The highest BCUT2D eigenvalue weighted by molar-refractivity contribution is 5.95. The SMILES string of the molecule is CCC(C)[C@H](N)C(=O)Nc1ccc(N=C(C)N(C)C)cc1. The lowest BCUT2D eigenvalue weighted by atomic mass is 9.99. The van der Waals surface area contributed by atoms with Crippen molar-refractivity contribution in [2.45, 2.75) is 33.2 Å². The first-order valence-electron chi connectivity index (χ1n) is 7.24. The zero-order valence-electron chi connectivity index (χ0n) is 13.6. The van der Waals surface area contributed by atoms with E-state index in [0.29, 0.717) is 0 Å². The van der Waals surface area contributed by atoms with Crippen LogP contribution in [0, 0.1) is 5.92 Å². The maximum absolute atomic E-state index is 12.0. The third-order valence-electron chi connectivity index (χ3n) is 3.63. The third kappa shape index (κ3) is 5.19. The number of carbonyl (C=O) groups excluding carboxylic acids is 1. The average Bonchev–Trinajstić information content (AvgIpc) is 2.47. The van der Waals surface area contributed by atoms with Crippen molar-refractivity contribution in [3.05, 3.63) is 24.3 Å². The van der Waals surface area contributed by atoms with Gasteiger partial charge in [-0.25, -0.2) is 4.99 Å². The molecule has 2 atom stereocenters. The van der Waals surface area contributed by atoms with Crippen LogP contribution in [0.3, 0.4) is 0 Å². The first kappa shape index (κ1) is 17.2. The van der Waals surface area contributed by atoms with E-state index in [1.54, 1.807) is 0 Å². The van der Waals surface area contributed by atoms with E-state index in [2.05, 4.69) is 10.3 Å². The minimum absolute atomic E-state index is 0.148. The Morgan fingerprint density at radius 2 is 1.90 bits per heavy atom. The summed E-state index contributed by atoms with van der Waals surface area (Å²) in [5, 5.41) is 2.84. The molecule has 0 saturated carbocycles. The Morgan fingerprint density at radius 3 is 2.38 bits per heavy atom. The highest BCUT2D eigenvalue weighted by Gasteiger charge is 2.19. The molecule has 1 amide bonds. The van der Waals surface area contributed by atoms with Crippen LogP contribution in [0.5, 0.6) is 0 Å². The average molecular weight is 290 g/mol. The zero-order valence-corrected chi connectivity index (χ0v) is 13.6. The molecule has 0 aliphatic rings. The number of nitrogens with two attached hydrogens (primary N) is 1. The Labute approximate surface area is 127 Å². The van der Waals surface area contributed by atoms with Crippen molar-refractivity contribution < 1.29 is 4.79 Å². The maximum atomic E-state index is 12.0. The van der Waals surface area contributed by atoms with Crippen LogP contribution in [0.15, 0.2) is 29.3 Å². The van der Waals surface area contributed by atoms with Crippen molar-refractivity contribution in [3.8, 4) is 0 Å². The van der Waals surface area contributed by atoms with E-state index in [9.17, 15) is 4.79 Å². The third-order valence-corrected chi connectivity index (χ3v) is 3.63. The summed E-state index contributed by atoms with van der Waals surface area (Å²) in [5.41, 5.74) is 7.50. The fraction of sp³-hybridized carbons (Fsp3) is 0.500. The summed E-state index contributed by atoms with van der Waals surface area (Å²) < 4.78 is 0. The first-order chi connectivity index (χ1) is 9.85. The molecule has 1 aromatic rings. The molecule has 0 aliphatic carbocycles. The number of benzene rings is 1.